The molecule has 17 heavy (non-hydrogen) atoms. The first kappa shape index (κ1) is 12.6. The molecule has 2 heterocycles. The van der Waals surface area contributed by atoms with Crippen molar-refractivity contribution in [3.63, 3.8) is 0 Å². The van der Waals surface area contributed by atoms with Crippen molar-refractivity contribution >= 4 is 10.0 Å². The van der Waals surface area contributed by atoms with Crippen LogP contribution in [-0.4, -0.2) is 32.9 Å². The molecule has 1 aromatic rings. The molecule has 0 amide bonds. The molecular weight excluding hydrogens is 240 g/mol. The van der Waals surface area contributed by atoms with Crippen LogP contribution < -0.4 is 5.32 Å². The van der Waals surface area contributed by atoms with Crippen molar-refractivity contribution < 1.29 is 12.8 Å². The Morgan fingerprint density at radius 1 is 1.41 bits per heavy atom. The zero-order chi connectivity index (χ0) is 12.5. The fourth-order valence-corrected chi connectivity index (χ4v) is 3.81. The Balaban J connectivity index is 2.32. The van der Waals surface area contributed by atoms with Crippen LogP contribution in [0, 0.1) is 6.92 Å². The van der Waals surface area contributed by atoms with Crippen LogP contribution in [0.1, 0.15) is 24.4 Å². The van der Waals surface area contributed by atoms with Gasteiger partial charge in [0.05, 0.1) is 6.54 Å². The second-order valence-electron chi connectivity index (χ2n) is 4.27. The SMILES string of the molecule is CNCc1cc(S(=O)(=O)N2CCCC2)c(C)o1. The van der Waals surface area contributed by atoms with Crippen molar-refractivity contribution in [3.8, 4) is 0 Å². The summed E-state index contributed by atoms with van der Waals surface area (Å²) in [5.41, 5.74) is 0. The van der Waals surface area contributed by atoms with E-state index >= 15 is 0 Å². The Hall–Kier alpha value is -0.850. The molecule has 1 aliphatic heterocycles. The third kappa shape index (κ3) is 2.38. The van der Waals surface area contributed by atoms with E-state index < -0.39 is 10.0 Å². The van der Waals surface area contributed by atoms with Gasteiger partial charge in [-0.1, -0.05) is 0 Å². The first-order valence-corrected chi connectivity index (χ1v) is 7.24. The number of hydrogen-bond acceptors (Lipinski definition) is 4. The molecule has 0 aliphatic carbocycles. The standard InChI is InChI=1S/C11H18N2O3S/c1-9-11(7-10(16-9)8-12-2)17(14,15)13-5-3-4-6-13/h7,12H,3-6,8H2,1-2H3. The van der Waals surface area contributed by atoms with Crippen LogP contribution in [0.5, 0.6) is 0 Å². The molecule has 1 fully saturated rings. The molecule has 1 N–H and O–H groups in total. The van der Waals surface area contributed by atoms with Crippen LogP contribution in [0.4, 0.5) is 0 Å². The van der Waals surface area contributed by atoms with Crippen molar-refractivity contribution in [2.75, 3.05) is 20.1 Å². The third-order valence-electron chi connectivity index (χ3n) is 2.96. The van der Waals surface area contributed by atoms with Crippen LogP contribution in [0.2, 0.25) is 0 Å². The van der Waals surface area contributed by atoms with E-state index in [0.717, 1.165) is 12.8 Å². The van der Waals surface area contributed by atoms with Gasteiger partial charge in [-0.2, -0.15) is 4.31 Å². The van der Waals surface area contributed by atoms with Gasteiger partial charge in [0.2, 0.25) is 10.0 Å². The number of nitrogens with zero attached hydrogens (tertiary/aromatic N) is 1. The van der Waals surface area contributed by atoms with Crippen LogP contribution in [0.25, 0.3) is 0 Å². The van der Waals surface area contributed by atoms with Gasteiger partial charge in [-0.15, -0.1) is 0 Å². The summed E-state index contributed by atoms with van der Waals surface area (Å²) >= 11 is 0. The van der Waals surface area contributed by atoms with Gasteiger partial charge in [0, 0.05) is 19.2 Å². The normalized spacial score (nSPS) is 17.8. The maximum atomic E-state index is 12.3. The minimum Gasteiger partial charge on any atom is -0.464 e. The molecule has 1 saturated heterocycles. The Kier molecular flexibility index (Phi) is 3.56. The molecule has 0 spiro atoms. The molecule has 0 aromatic carbocycles. The summed E-state index contributed by atoms with van der Waals surface area (Å²) in [7, 11) is -1.56. The van der Waals surface area contributed by atoms with Crippen molar-refractivity contribution in [1.29, 1.82) is 0 Å². The minimum atomic E-state index is -3.36. The highest BCUT2D eigenvalue weighted by atomic mass is 32.2. The molecule has 1 aliphatic rings. The van der Waals surface area contributed by atoms with E-state index in [1.807, 2.05) is 0 Å². The summed E-state index contributed by atoms with van der Waals surface area (Å²) in [6.07, 6.45) is 1.89. The van der Waals surface area contributed by atoms with Crippen molar-refractivity contribution in [1.82, 2.24) is 9.62 Å². The predicted octanol–water partition coefficient (Wildman–Crippen LogP) is 1.09. The lowest BCUT2D eigenvalue weighted by Gasteiger charge is -2.14. The highest BCUT2D eigenvalue weighted by molar-refractivity contribution is 7.89. The molecule has 96 valence electrons. The fourth-order valence-electron chi connectivity index (χ4n) is 2.11. The van der Waals surface area contributed by atoms with Crippen LogP contribution in [0.3, 0.4) is 0 Å². The lowest BCUT2D eigenvalue weighted by molar-refractivity contribution is 0.456. The summed E-state index contributed by atoms with van der Waals surface area (Å²) < 4.78 is 31.6. The maximum Gasteiger partial charge on any atom is 0.246 e. The Morgan fingerprint density at radius 2 is 2.06 bits per heavy atom. The Bertz CT molecular complexity index is 487. The Labute approximate surface area is 102 Å². The van der Waals surface area contributed by atoms with Gasteiger partial charge in [-0.3, -0.25) is 0 Å². The highest BCUT2D eigenvalue weighted by Crippen LogP contribution is 2.26. The summed E-state index contributed by atoms with van der Waals surface area (Å²) in [4.78, 5) is 0.310. The lowest BCUT2D eigenvalue weighted by Crippen LogP contribution is -2.28. The van der Waals surface area contributed by atoms with Gasteiger partial charge in [-0.05, 0) is 26.8 Å². The van der Waals surface area contributed by atoms with Crippen molar-refractivity contribution in [2.24, 2.45) is 0 Å². The summed E-state index contributed by atoms with van der Waals surface area (Å²) in [6.45, 7) is 3.47. The van der Waals surface area contributed by atoms with Gasteiger partial charge in [-0.25, -0.2) is 8.42 Å². The molecule has 2 rings (SSSR count). The quantitative estimate of drug-likeness (QED) is 0.878. The van der Waals surface area contributed by atoms with E-state index in [2.05, 4.69) is 5.32 Å². The summed E-state index contributed by atoms with van der Waals surface area (Å²) in [5.74, 6) is 1.13. The smallest absolute Gasteiger partial charge is 0.246 e. The van der Waals surface area contributed by atoms with E-state index in [9.17, 15) is 8.42 Å². The second kappa shape index (κ2) is 4.80. The van der Waals surface area contributed by atoms with Gasteiger partial charge >= 0.3 is 0 Å². The van der Waals surface area contributed by atoms with E-state index in [4.69, 9.17) is 4.42 Å². The molecule has 0 radical (unpaired) electrons. The first-order valence-electron chi connectivity index (χ1n) is 5.80. The van der Waals surface area contributed by atoms with Gasteiger partial charge in [0.1, 0.15) is 16.4 Å². The lowest BCUT2D eigenvalue weighted by atomic mass is 10.4. The number of sulfonamides is 1. The number of hydrogen-bond donors (Lipinski definition) is 1. The van der Waals surface area contributed by atoms with Crippen molar-refractivity contribution in [2.45, 2.75) is 31.2 Å². The van der Waals surface area contributed by atoms with E-state index in [1.165, 1.54) is 4.31 Å². The fraction of sp³-hybridized carbons (Fsp3) is 0.636. The summed E-state index contributed by atoms with van der Waals surface area (Å²) in [5, 5.41) is 2.94. The number of aryl methyl sites for hydroxylation is 1. The molecule has 6 heteroatoms. The van der Waals surface area contributed by atoms with Gasteiger partial charge in [0.25, 0.3) is 0 Å². The number of furan rings is 1. The molecule has 5 nitrogen and oxygen atoms in total. The second-order valence-corrected chi connectivity index (χ2v) is 6.18. The molecule has 1 aromatic heterocycles. The van der Waals surface area contributed by atoms with Crippen LogP contribution in [-0.2, 0) is 16.6 Å². The zero-order valence-corrected chi connectivity index (χ0v) is 11.0. The zero-order valence-electron chi connectivity index (χ0n) is 10.2. The molecule has 0 atom stereocenters. The topological polar surface area (TPSA) is 62.6 Å². The van der Waals surface area contributed by atoms with Crippen molar-refractivity contribution in [3.05, 3.63) is 17.6 Å². The van der Waals surface area contributed by atoms with Gasteiger partial charge in [0.15, 0.2) is 0 Å². The number of rotatable bonds is 4. The molecule has 0 unspecified atom stereocenters. The van der Waals surface area contributed by atoms with Crippen LogP contribution in [0.15, 0.2) is 15.4 Å². The third-order valence-corrected chi connectivity index (χ3v) is 4.96. The van der Waals surface area contributed by atoms with E-state index in [-0.39, 0.29) is 0 Å². The molecule has 0 saturated carbocycles. The highest BCUT2D eigenvalue weighted by Gasteiger charge is 2.30. The number of nitrogens with one attached hydrogen (secondary N) is 1. The average Bonchev–Trinajstić information content (AvgIpc) is 2.88. The predicted molar refractivity (Wildman–Crippen MR) is 64.2 cm³/mol. The monoisotopic (exact) mass is 258 g/mol. The van der Waals surface area contributed by atoms with E-state index in [1.54, 1.807) is 20.0 Å². The molecule has 0 bridgehead atoms. The first-order chi connectivity index (χ1) is 8.05. The Morgan fingerprint density at radius 3 is 2.65 bits per heavy atom. The van der Waals surface area contributed by atoms with Gasteiger partial charge < -0.3 is 9.73 Å². The minimum absolute atomic E-state index is 0.310. The molecular formula is C11H18N2O3S. The van der Waals surface area contributed by atoms with E-state index in [0.29, 0.717) is 36.1 Å². The summed E-state index contributed by atoms with van der Waals surface area (Å²) in [6, 6.07) is 1.62. The maximum absolute atomic E-state index is 12.3. The average molecular weight is 258 g/mol. The van der Waals surface area contributed by atoms with Crippen LogP contribution >= 0.6 is 0 Å². The largest absolute Gasteiger partial charge is 0.464 e.